The summed E-state index contributed by atoms with van der Waals surface area (Å²) in [5.74, 6) is 2.93. The van der Waals surface area contributed by atoms with Crippen molar-refractivity contribution in [3.05, 3.63) is 29.8 Å². The Bertz CT molecular complexity index is 545. The fraction of sp³-hybridized carbons (Fsp3) is 0.273. The van der Waals surface area contributed by atoms with Crippen LogP contribution in [-0.2, 0) is 10.1 Å². The van der Waals surface area contributed by atoms with Gasteiger partial charge in [0, 0.05) is 5.56 Å². The van der Waals surface area contributed by atoms with Crippen LogP contribution >= 0.6 is 0 Å². The van der Waals surface area contributed by atoms with Gasteiger partial charge < -0.3 is 0 Å². The van der Waals surface area contributed by atoms with E-state index in [1.54, 1.807) is 12.1 Å². The van der Waals surface area contributed by atoms with E-state index in [2.05, 4.69) is 31.1 Å². The van der Waals surface area contributed by atoms with Crippen LogP contribution in [0.1, 0.15) is 5.56 Å². The summed E-state index contributed by atoms with van der Waals surface area (Å²) in [7, 11) is -5.61. The van der Waals surface area contributed by atoms with Crippen molar-refractivity contribution < 1.29 is 13.0 Å². The topological polar surface area (TPSA) is 54.4 Å². The van der Waals surface area contributed by atoms with Gasteiger partial charge >= 0.3 is 0 Å². The van der Waals surface area contributed by atoms with E-state index in [0.29, 0.717) is 5.56 Å². The molecule has 16 heavy (non-hydrogen) atoms. The van der Waals surface area contributed by atoms with Crippen LogP contribution in [0.2, 0.25) is 19.6 Å². The van der Waals surface area contributed by atoms with Crippen LogP contribution < -0.4 is 0 Å². The molecule has 0 aliphatic heterocycles. The van der Waals surface area contributed by atoms with Crippen molar-refractivity contribution >= 4 is 18.2 Å². The summed E-state index contributed by atoms with van der Waals surface area (Å²) >= 11 is 0. The minimum Gasteiger partial charge on any atom is -0.282 e. The SMILES string of the molecule is C[Si](C)(C)C#Cc1cccc(S(=O)(=O)O)c1. The molecule has 0 fully saturated rings. The first-order chi connectivity index (χ1) is 7.18. The summed E-state index contributed by atoms with van der Waals surface area (Å²) in [4.78, 5) is -0.116. The molecule has 86 valence electrons. The molecule has 1 N–H and O–H groups in total. The lowest BCUT2D eigenvalue weighted by atomic mass is 10.2. The van der Waals surface area contributed by atoms with E-state index < -0.39 is 18.2 Å². The predicted molar refractivity (Wildman–Crippen MR) is 66.5 cm³/mol. The molecule has 5 heteroatoms. The molecular weight excluding hydrogens is 240 g/mol. The molecule has 0 saturated carbocycles. The monoisotopic (exact) mass is 254 g/mol. The molecule has 0 saturated heterocycles. The van der Waals surface area contributed by atoms with E-state index in [0.717, 1.165) is 0 Å². The van der Waals surface area contributed by atoms with Crippen molar-refractivity contribution in [3.8, 4) is 11.5 Å². The maximum absolute atomic E-state index is 10.9. The third-order valence-corrected chi connectivity index (χ3v) is 3.44. The lowest BCUT2D eigenvalue weighted by Crippen LogP contribution is -2.16. The maximum Gasteiger partial charge on any atom is 0.294 e. The number of benzene rings is 1. The molecular formula is C11H14O3SSi. The molecule has 0 radical (unpaired) electrons. The standard InChI is InChI=1S/C11H14O3SSi/c1-16(2,3)8-7-10-5-4-6-11(9-10)15(12,13)14/h4-6,9H,1-3H3,(H,12,13,14). The fourth-order valence-electron chi connectivity index (χ4n) is 0.994. The molecule has 0 aliphatic rings. The van der Waals surface area contributed by atoms with Crippen LogP contribution in [0.25, 0.3) is 0 Å². The summed E-state index contributed by atoms with van der Waals surface area (Å²) in [6, 6.07) is 6.01. The maximum atomic E-state index is 10.9. The van der Waals surface area contributed by atoms with E-state index in [9.17, 15) is 8.42 Å². The zero-order valence-corrected chi connectivity index (χ0v) is 11.3. The Balaban J connectivity index is 3.14. The molecule has 0 heterocycles. The second kappa shape index (κ2) is 4.42. The van der Waals surface area contributed by atoms with E-state index in [4.69, 9.17) is 4.55 Å². The lowest BCUT2D eigenvalue weighted by molar-refractivity contribution is 0.483. The smallest absolute Gasteiger partial charge is 0.282 e. The Labute approximate surface area is 97.3 Å². The quantitative estimate of drug-likeness (QED) is 0.475. The largest absolute Gasteiger partial charge is 0.294 e. The van der Waals surface area contributed by atoms with Crippen molar-refractivity contribution in [2.24, 2.45) is 0 Å². The zero-order valence-electron chi connectivity index (χ0n) is 9.48. The molecule has 1 rings (SSSR count). The average Bonchev–Trinajstić information content (AvgIpc) is 2.13. The zero-order chi connectivity index (χ0) is 12.4. The van der Waals surface area contributed by atoms with E-state index in [1.807, 2.05) is 0 Å². The number of hydrogen-bond donors (Lipinski definition) is 1. The molecule has 0 atom stereocenters. The van der Waals surface area contributed by atoms with Gasteiger partial charge in [-0.2, -0.15) is 8.42 Å². The molecule has 0 unspecified atom stereocenters. The minimum absolute atomic E-state index is 0.116. The number of hydrogen-bond acceptors (Lipinski definition) is 2. The summed E-state index contributed by atoms with van der Waals surface area (Å²) in [6.07, 6.45) is 0. The fourth-order valence-corrected chi connectivity index (χ4v) is 2.04. The highest BCUT2D eigenvalue weighted by Gasteiger charge is 2.10. The summed E-state index contributed by atoms with van der Waals surface area (Å²) in [6.45, 7) is 6.31. The van der Waals surface area contributed by atoms with Gasteiger partial charge in [-0.15, -0.1) is 5.54 Å². The second-order valence-corrected chi connectivity index (χ2v) is 10.7. The van der Waals surface area contributed by atoms with Gasteiger partial charge in [-0.05, 0) is 18.2 Å². The third kappa shape index (κ3) is 4.19. The van der Waals surface area contributed by atoms with Crippen LogP contribution in [0.3, 0.4) is 0 Å². The van der Waals surface area contributed by atoms with Crippen molar-refractivity contribution in [1.29, 1.82) is 0 Å². The van der Waals surface area contributed by atoms with Crippen LogP contribution in [0, 0.1) is 11.5 Å². The van der Waals surface area contributed by atoms with Crippen molar-refractivity contribution in [2.75, 3.05) is 0 Å². The molecule has 3 nitrogen and oxygen atoms in total. The van der Waals surface area contributed by atoms with Gasteiger partial charge in [-0.1, -0.05) is 31.6 Å². The Morgan fingerprint density at radius 3 is 2.38 bits per heavy atom. The Morgan fingerprint density at radius 2 is 1.88 bits per heavy atom. The van der Waals surface area contributed by atoms with Crippen molar-refractivity contribution in [1.82, 2.24) is 0 Å². The molecule has 1 aromatic rings. The van der Waals surface area contributed by atoms with Gasteiger partial charge in [0.25, 0.3) is 10.1 Å². The first kappa shape index (κ1) is 13.0. The van der Waals surface area contributed by atoms with Crippen LogP contribution in [-0.4, -0.2) is 21.0 Å². The minimum atomic E-state index is -4.14. The first-order valence-electron chi connectivity index (χ1n) is 4.79. The van der Waals surface area contributed by atoms with Gasteiger partial charge in [0.1, 0.15) is 8.07 Å². The van der Waals surface area contributed by atoms with Crippen molar-refractivity contribution in [2.45, 2.75) is 24.5 Å². The summed E-state index contributed by atoms with van der Waals surface area (Å²) < 4.78 is 30.7. The van der Waals surface area contributed by atoms with Gasteiger partial charge in [0.05, 0.1) is 4.90 Å². The molecule has 0 amide bonds. The number of rotatable bonds is 1. The van der Waals surface area contributed by atoms with Gasteiger partial charge in [0.2, 0.25) is 0 Å². The average molecular weight is 254 g/mol. The molecule has 0 aromatic heterocycles. The van der Waals surface area contributed by atoms with Crippen LogP contribution in [0.5, 0.6) is 0 Å². The van der Waals surface area contributed by atoms with Gasteiger partial charge in [-0.3, -0.25) is 4.55 Å². The highest BCUT2D eigenvalue weighted by molar-refractivity contribution is 7.85. The molecule has 0 spiro atoms. The molecule has 1 aromatic carbocycles. The van der Waals surface area contributed by atoms with E-state index in [1.165, 1.54) is 12.1 Å². The normalized spacial score (nSPS) is 11.8. The molecule has 0 aliphatic carbocycles. The Morgan fingerprint density at radius 1 is 1.25 bits per heavy atom. The van der Waals surface area contributed by atoms with Crippen LogP contribution in [0.15, 0.2) is 29.2 Å². The van der Waals surface area contributed by atoms with Crippen molar-refractivity contribution in [3.63, 3.8) is 0 Å². The van der Waals surface area contributed by atoms with Gasteiger partial charge in [0.15, 0.2) is 0 Å². The predicted octanol–water partition coefficient (Wildman–Crippen LogP) is 2.16. The van der Waals surface area contributed by atoms with E-state index >= 15 is 0 Å². The molecule has 0 bridgehead atoms. The van der Waals surface area contributed by atoms with Gasteiger partial charge in [-0.25, -0.2) is 0 Å². The first-order valence-corrected chi connectivity index (χ1v) is 9.73. The highest BCUT2D eigenvalue weighted by atomic mass is 32.2. The lowest BCUT2D eigenvalue weighted by Gasteiger charge is -2.03. The summed E-state index contributed by atoms with van der Waals surface area (Å²) in [5.41, 5.74) is 3.74. The Kier molecular flexibility index (Phi) is 3.58. The summed E-state index contributed by atoms with van der Waals surface area (Å²) in [5, 5.41) is 0. The Hall–Kier alpha value is -1.09. The highest BCUT2D eigenvalue weighted by Crippen LogP contribution is 2.10. The third-order valence-electron chi connectivity index (χ3n) is 1.71. The second-order valence-electron chi connectivity index (χ2n) is 4.50. The van der Waals surface area contributed by atoms with E-state index in [-0.39, 0.29) is 4.90 Å². The van der Waals surface area contributed by atoms with Crippen LogP contribution in [0.4, 0.5) is 0 Å².